The predicted octanol–water partition coefficient (Wildman–Crippen LogP) is 4.07. The monoisotopic (exact) mass is 350 g/mol. The summed E-state index contributed by atoms with van der Waals surface area (Å²) in [6.45, 7) is 8.51. The van der Waals surface area contributed by atoms with Gasteiger partial charge in [0.15, 0.2) is 5.82 Å². The summed E-state index contributed by atoms with van der Waals surface area (Å²) in [5.41, 5.74) is 3.40. The van der Waals surface area contributed by atoms with Crippen LogP contribution in [0, 0.1) is 13.8 Å². The van der Waals surface area contributed by atoms with Crippen LogP contribution in [0.15, 0.2) is 30.6 Å². The van der Waals surface area contributed by atoms with E-state index in [0.29, 0.717) is 17.6 Å². The van der Waals surface area contributed by atoms with E-state index in [1.807, 2.05) is 12.1 Å². The Hall–Kier alpha value is -2.67. The average molecular weight is 350 g/mol. The number of aryl methyl sites for hydroxylation is 2. The third-order valence-corrected chi connectivity index (χ3v) is 5.50. The number of benzene rings is 1. The molecule has 4 aromatic rings. The minimum Gasteiger partial charge on any atom is -0.225 e. The quantitative estimate of drug-likeness (QED) is 0.557. The molecule has 0 aliphatic rings. The maximum atomic E-state index is 4.53. The van der Waals surface area contributed by atoms with Gasteiger partial charge in [-0.15, -0.1) is 26.3 Å². The smallest absolute Gasteiger partial charge is 0.205 e. The van der Waals surface area contributed by atoms with Crippen LogP contribution in [-0.4, -0.2) is 30.2 Å². The molecule has 0 fully saturated rings. The molecule has 0 aliphatic heterocycles. The van der Waals surface area contributed by atoms with Crippen molar-refractivity contribution in [3.63, 3.8) is 0 Å². The summed E-state index contributed by atoms with van der Waals surface area (Å²) in [7, 11) is 0. The van der Waals surface area contributed by atoms with E-state index in [4.69, 9.17) is 0 Å². The van der Waals surface area contributed by atoms with E-state index in [1.54, 1.807) is 17.7 Å². The topological polar surface area (TPSA) is 69.4 Å². The summed E-state index contributed by atoms with van der Waals surface area (Å²) in [6, 6.07) is 8.28. The van der Waals surface area contributed by atoms with Gasteiger partial charge in [0.05, 0.1) is 5.39 Å². The SMILES string of the molecule is Cc1sc2ncnc(-n3nnc(-c4ccc(C(C)C)cc4)n3)c2c1C. The van der Waals surface area contributed by atoms with Crippen molar-refractivity contribution in [1.29, 1.82) is 0 Å². The second-order valence-electron chi connectivity index (χ2n) is 6.34. The first-order valence-electron chi connectivity index (χ1n) is 8.16. The number of thiophene rings is 1. The fraction of sp³-hybridized carbons (Fsp3) is 0.278. The van der Waals surface area contributed by atoms with Crippen LogP contribution in [0.5, 0.6) is 0 Å². The zero-order chi connectivity index (χ0) is 17.6. The highest BCUT2D eigenvalue weighted by Gasteiger charge is 2.16. The first kappa shape index (κ1) is 15.8. The highest BCUT2D eigenvalue weighted by atomic mass is 32.1. The second kappa shape index (κ2) is 6.00. The number of fused-ring (bicyclic) bond motifs is 1. The van der Waals surface area contributed by atoms with Gasteiger partial charge in [0.2, 0.25) is 5.82 Å². The van der Waals surface area contributed by atoms with Gasteiger partial charge in [-0.1, -0.05) is 38.1 Å². The van der Waals surface area contributed by atoms with E-state index >= 15 is 0 Å². The van der Waals surface area contributed by atoms with Gasteiger partial charge < -0.3 is 0 Å². The molecule has 0 spiro atoms. The van der Waals surface area contributed by atoms with Crippen molar-refractivity contribution in [2.75, 3.05) is 0 Å². The standard InChI is InChI=1S/C18H18N6S/c1-10(2)13-5-7-14(8-6-13)16-21-23-24(22-16)17-15-11(3)12(4)25-18(15)20-9-19-17/h5-10H,1-4H3. The van der Waals surface area contributed by atoms with Crippen molar-refractivity contribution in [1.82, 2.24) is 30.2 Å². The van der Waals surface area contributed by atoms with Crippen molar-refractivity contribution in [3.05, 3.63) is 46.6 Å². The molecule has 4 rings (SSSR count). The molecule has 0 N–H and O–H groups in total. The molecule has 0 unspecified atom stereocenters. The van der Waals surface area contributed by atoms with Gasteiger partial charge in [0.1, 0.15) is 11.2 Å². The number of tetrazole rings is 1. The van der Waals surface area contributed by atoms with Crippen molar-refractivity contribution in [2.45, 2.75) is 33.6 Å². The Kier molecular flexibility index (Phi) is 3.80. The molecule has 7 heteroatoms. The van der Waals surface area contributed by atoms with Gasteiger partial charge >= 0.3 is 0 Å². The molecule has 126 valence electrons. The lowest BCUT2D eigenvalue weighted by Crippen LogP contribution is -2.03. The van der Waals surface area contributed by atoms with Crippen LogP contribution in [0.4, 0.5) is 0 Å². The van der Waals surface area contributed by atoms with E-state index in [2.05, 4.69) is 65.2 Å². The van der Waals surface area contributed by atoms with E-state index < -0.39 is 0 Å². The van der Waals surface area contributed by atoms with Crippen LogP contribution >= 0.6 is 11.3 Å². The fourth-order valence-electron chi connectivity index (χ4n) is 2.75. The van der Waals surface area contributed by atoms with E-state index in [1.165, 1.54) is 15.2 Å². The Morgan fingerprint density at radius 3 is 2.52 bits per heavy atom. The number of nitrogens with zero attached hydrogens (tertiary/aromatic N) is 6. The summed E-state index contributed by atoms with van der Waals surface area (Å²) < 4.78 is 0. The van der Waals surface area contributed by atoms with Crippen LogP contribution < -0.4 is 0 Å². The van der Waals surface area contributed by atoms with Crippen LogP contribution in [-0.2, 0) is 0 Å². The van der Waals surface area contributed by atoms with Crippen LogP contribution in [0.1, 0.15) is 35.8 Å². The Bertz CT molecular complexity index is 1050. The zero-order valence-corrected chi connectivity index (χ0v) is 15.4. The molecular formula is C18H18N6S. The Labute approximate surface area is 149 Å². The largest absolute Gasteiger partial charge is 0.225 e. The van der Waals surface area contributed by atoms with Crippen LogP contribution in [0.25, 0.3) is 27.4 Å². The normalized spacial score (nSPS) is 11.6. The van der Waals surface area contributed by atoms with E-state index in [9.17, 15) is 0 Å². The van der Waals surface area contributed by atoms with E-state index in [-0.39, 0.29) is 0 Å². The summed E-state index contributed by atoms with van der Waals surface area (Å²) in [4.78, 5) is 12.4. The van der Waals surface area contributed by atoms with Crippen molar-refractivity contribution >= 4 is 21.6 Å². The maximum absolute atomic E-state index is 4.53. The van der Waals surface area contributed by atoms with Gasteiger partial charge in [0.25, 0.3) is 0 Å². The summed E-state index contributed by atoms with van der Waals surface area (Å²) in [5.74, 6) is 1.76. The lowest BCUT2D eigenvalue weighted by atomic mass is 10.0. The lowest BCUT2D eigenvalue weighted by Gasteiger charge is -2.04. The van der Waals surface area contributed by atoms with E-state index in [0.717, 1.165) is 21.3 Å². The minimum absolute atomic E-state index is 0.497. The third kappa shape index (κ3) is 2.70. The molecule has 0 amide bonds. The molecular weight excluding hydrogens is 332 g/mol. The summed E-state index contributed by atoms with van der Waals surface area (Å²) in [6.07, 6.45) is 1.55. The zero-order valence-electron chi connectivity index (χ0n) is 14.6. The molecule has 0 atom stereocenters. The summed E-state index contributed by atoms with van der Waals surface area (Å²) in [5, 5.41) is 13.9. The third-order valence-electron chi connectivity index (χ3n) is 4.38. The molecule has 0 saturated carbocycles. The van der Waals surface area contributed by atoms with Gasteiger partial charge in [-0.25, -0.2) is 9.97 Å². The summed E-state index contributed by atoms with van der Waals surface area (Å²) >= 11 is 1.65. The molecule has 0 saturated heterocycles. The minimum atomic E-state index is 0.497. The number of hydrogen-bond donors (Lipinski definition) is 0. The Balaban J connectivity index is 1.77. The first-order valence-corrected chi connectivity index (χ1v) is 8.97. The molecule has 0 radical (unpaired) electrons. The van der Waals surface area contributed by atoms with Gasteiger partial charge in [-0.2, -0.15) is 0 Å². The molecule has 3 heterocycles. The van der Waals surface area contributed by atoms with Crippen molar-refractivity contribution in [2.24, 2.45) is 0 Å². The van der Waals surface area contributed by atoms with Crippen molar-refractivity contribution < 1.29 is 0 Å². The van der Waals surface area contributed by atoms with Crippen LogP contribution in [0.2, 0.25) is 0 Å². The van der Waals surface area contributed by atoms with Gasteiger partial charge in [-0.3, -0.25) is 0 Å². The van der Waals surface area contributed by atoms with Gasteiger partial charge in [0, 0.05) is 10.4 Å². The molecule has 0 aliphatic carbocycles. The fourth-order valence-corrected chi connectivity index (χ4v) is 3.74. The van der Waals surface area contributed by atoms with Crippen LogP contribution in [0.3, 0.4) is 0 Å². The average Bonchev–Trinajstić information content (AvgIpc) is 3.21. The van der Waals surface area contributed by atoms with Crippen molar-refractivity contribution in [3.8, 4) is 17.2 Å². The molecule has 3 aromatic heterocycles. The first-order chi connectivity index (χ1) is 12.0. The lowest BCUT2D eigenvalue weighted by molar-refractivity contribution is 0.704. The maximum Gasteiger partial charge on any atom is 0.205 e. The second-order valence-corrected chi connectivity index (χ2v) is 7.54. The molecule has 0 bridgehead atoms. The highest BCUT2D eigenvalue weighted by Crippen LogP contribution is 2.31. The molecule has 6 nitrogen and oxygen atoms in total. The number of rotatable bonds is 3. The van der Waals surface area contributed by atoms with Gasteiger partial charge in [-0.05, 0) is 36.1 Å². The number of aromatic nitrogens is 6. The highest BCUT2D eigenvalue weighted by molar-refractivity contribution is 7.18. The molecule has 25 heavy (non-hydrogen) atoms. The Morgan fingerprint density at radius 2 is 1.80 bits per heavy atom. The number of hydrogen-bond acceptors (Lipinski definition) is 6. The Morgan fingerprint density at radius 1 is 1.04 bits per heavy atom. The predicted molar refractivity (Wildman–Crippen MR) is 99.1 cm³/mol. The molecule has 1 aromatic carbocycles.